The maximum Gasteiger partial charge on any atom is 0.156 e. The first kappa shape index (κ1) is 8.56. The molecule has 1 aromatic heterocycles. The van der Waals surface area contributed by atoms with Gasteiger partial charge in [-0.2, -0.15) is 5.10 Å². The average molecular weight is 181 g/mol. The van der Waals surface area contributed by atoms with E-state index in [4.69, 9.17) is 10.5 Å². The van der Waals surface area contributed by atoms with E-state index < -0.39 is 0 Å². The summed E-state index contributed by atoms with van der Waals surface area (Å²) in [5.74, 6) is 0.820. The predicted octanol–water partition coefficient (Wildman–Crippen LogP) is 0.944. The van der Waals surface area contributed by atoms with Gasteiger partial charge >= 0.3 is 0 Å². The van der Waals surface area contributed by atoms with Crippen molar-refractivity contribution in [1.82, 2.24) is 9.78 Å². The lowest BCUT2D eigenvalue weighted by Gasteiger charge is -2.08. The van der Waals surface area contributed by atoms with Gasteiger partial charge in [-0.15, -0.1) is 0 Å². The number of nitrogens with two attached hydrogens (primary N) is 1. The highest BCUT2D eigenvalue weighted by Gasteiger charge is 2.23. The van der Waals surface area contributed by atoms with Crippen molar-refractivity contribution in [3.63, 3.8) is 0 Å². The van der Waals surface area contributed by atoms with Crippen LogP contribution in [-0.2, 0) is 0 Å². The molecule has 2 unspecified atom stereocenters. The predicted molar refractivity (Wildman–Crippen MR) is 49.6 cm³/mol. The fourth-order valence-electron chi connectivity index (χ4n) is 1.86. The molecule has 1 aromatic rings. The lowest BCUT2D eigenvalue weighted by Crippen LogP contribution is -2.16. The van der Waals surface area contributed by atoms with Gasteiger partial charge < -0.3 is 10.5 Å². The molecular weight excluding hydrogens is 166 g/mol. The Hall–Kier alpha value is -1.03. The molecule has 13 heavy (non-hydrogen) atoms. The Bertz CT molecular complexity index is 284. The fraction of sp³-hybridized carbons (Fsp3) is 0.667. The average Bonchev–Trinajstić information content (AvgIpc) is 2.71. The van der Waals surface area contributed by atoms with Gasteiger partial charge in [-0.3, -0.25) is 4.68 Å². The number of methoxy groups -OCH3 is 1. The van der Waals surface area contributed by atoms with Crippen molar-refractivity contribution >= 4 is 0 Å². The second-order valence-corrected chi connectivity index (χ2v) is 3.59. The van der Waals surface area contributed by atoms with Gasteiger partial charge in [0.05, 0.1) is 25.5 Å². The zero-order chi connectivity index (χ0) is 9.26. The Morgan fingerprint density at radius 3 is 3.00 bits per heavy atom. The van der Waals surface area contributed by atoms with Crippen LogP contribution in [0.4, 0.5) is 0 Å². The number of nitrogens with zero attached hydrogens (tertiary/aromatic N) is 2. The first-order chi connectivity index (χ1) is 6.29. The van der Waals surface area contributed by atoms with Crippen LogP contribution in [0.3, 0.4) is 0 Å². The molecule has 1 heterocycles. The molecule has 0 amide bonds. The minimum atomic E-state index is 0.347. The molecule has 0 aliphatic heterocycles. The van der Waals surface area contributed by atoms with Crippen molar-refractivity contribution in [3.8, 4) is 5.75 Å². The van der Waals surface area contributed by atoms with E-state index in [-0.39, 0.29) is 0 Å². The van der Waals surface area contributed by atoms with Crippen LogP contribution < -0.4 is 10.5 Å². The second kappa shape index (κ2) is 3.38. The Kier molecular flexibility index (Phi) is 2.22. The van der Waals surface area contributed by atoms with Crippen LogP contribution in [0.5, 0.6) is 5.75 Å². The molecule has 0 spiro atoms. The van der Waals surface area contributed by atoms with Crippen molar-refractivity contribution in [1.29, 1.82) is 0 Å². The highest BCUT2D eigenvalue weighted by atomic mass is 16.5. The third-order valence-electron chi connectivity index (χ3n) is 2.63. The Balaban J connectivity index is 2.08. The van der Waals surface area contributed by atoms with Gasteiger partial charge in [0.2, 0.25) is 0 Å². The van der Waals surface area contributed by atoms with Crippen LogP contribution in [0.15, 0.2) is 12.4 Å². The summed E-state index contributed by atoms with van der Waals surface area (Å²) in [7, 11) is 1.65. The first-order valence-corrected chi connectivity index (χ1v) is 4.63. The lowest BCUT2D eigenvalue weighted by molar-refractivity contribution is 0.410. The molecule has 2 atom stereocenters. The smallest absolute Gasteiger partial charge is 0.156 e. The fourth-order valence-corrected chi connectivity index (χ4v) is 1.86. The number of hydrogen-bond acceptors (Lipinski definition) is 3. The van der Waals surface area contributed by atoms with Crippen LogP contribution >= 0.6 is 0 Å². The zero-order valence-corrected chi connectivity index (χ0v) is 7.81. The van der Waals surface area contributed by atoms with Crippen molar-refractivity contribution in [2.45, 2.75) is 31.3 Å². The summed E-state index contributed by atoms with van der Waals surface area (Å²) in [5.41, 5.74) is 5.83. The molecule has 4 nitrogen and oxygen atoms in total. The van der Waals surface area contributed by atoms with E-state index in [1.807, 2.05) is 10.9 Å². The van der Waals surface area contributed by atoms with E-state index in [0.717, 1.165) is 25.0 Å². The van der Waals surface area contributed by atoms with Crippen LogP contribution in [0.25, 0.3) is 0 Å². The molecule has 0 bridgehead atoms. The Labute approximate surface area is 77.7 Å². The largest absolute Gasteiger partial charge is 0.493 e. The summed E-state index contributed by atoms with van der Waals surface area (Å²) in [6, 6.07) is 0.819. The molecule has 72 valence electrons. The molecular formula is C9H15N3O. The van der Waals surface area contributed by atoms with E-state index in [9.17, 15) is 0 Å². The van der Waals surface area contributed by atoms with Crippen LogP contribution in [0, 0.1) is 0 Å². The molecule has 1 aliphatic carbocycles. The summed E-state index contributed by atoms with van der Waals surface area (Å²) in [6.07, 6.45) is 6.94. The summed E-state index contributed by atoms with van der Waals surface area (Å²) >= 11 is 0. The lowest BCUT2D eigenvalue weighted by atomic mass is 10.2. The van der Waals surface area contributed by atoms with Crippen LogP contribution in [0.2, 0.25) is 0 Å². The van der Waals surface area contributed by atoms with Gasteiger partial charge in [0.1, 0.15) is 0 Å². The van der Waals surface area contributed by atoms with E-state index in [1.54, 1.807) is 13.3 Å². The van der Waals surface area contributed by atoms with Gasteiger partial charge in [0.25, 0.3) is 0 Å². The highest BCUT2D eigenvalue weighted by Crippen LogP contribution is 2.29. The number of aromatic nitrogens is 2. The third-order valence-corrected chi connectivity index (χ3v) is 2.63. The molecule has 1 saturated carbocycles. The van der Waals surface area contributed by atoms with E-state index in [2.05, 4.69) is 5.10 Å². The van der Waals surface area contributed by atoms with Crippen molar-refractivity contribution in [2.75, 3.05) is 7.11 Å². The number of hydrogen-bond donors (Lipinski definition) is 1. The van der Waals surface area contributed by atoms with Crippen LogP contribution in [0.1, 0.15) is 25.3 Å². The van der Waals surface area contributed by atoms with Gasteiger partial charge in [-0.25, -0.2) is 0 Å². The summed E-state index contributed by atoms with van der Waals surface area (Å²) < 4.78 is 7.03. The second-order valence-electron chi connectivity index (χ2n) is 3.59. The van der Waals surface area contributed by atoms with Gasteiger partial charge in [0.15, 0.2) is 5.75 Å². The maximum absolute atomic E-state index is 5.83. The zero-order valence-electron chi connectivity index (χ0n) is 7.81. The SMILES string of the molecule is COc1cnn(C2CCC(N)C2)c1. The standard InChI is InChI=1S/C9H15N3O/c1-13-9-5-11-12(6-9)8-3-2-7(10)4-8/h5-8H,2-4,10H2,1H3. The Morgan fingerprint density at radius 2 is 2.46 bits per heavy atom. The number of ether oxygens (including phenoxy) is 1. The molecule has 1 aliphatic rings. The van der Waals surface area contributed by atoms with E-state index in [1.165, 1.54) is 0 Å². The summed E-state index contributed by atoms with van der Waals surface area (Å²) in [5, 5.41) is 4.24. The van der Waals surface area contributed by atoms with Crippen LogP contribution in [-0.4, -0.2) is 22.9 Å². The van der Waals surface area contributed by atoms with Gasteiger partial charge in [-0.05, 0) is 19.3 Å². The van der Waals surface area contributed by atoms with Crippen molar-refractivity contribution in [2.24, 2.45) is 5.73 Å². The molecule has 0 aromatic carbocycles. The Morgan fingerprint density at radius 1 is 1.62 bits per heavy atom. The first-order valence-electron chi connectivity index (χ1n) is 4.63. The summed E-state index contributed by atoms with van der Waals surface area (Å²) in [6.45, 7) is 0. The van der Waals surface area contributed by atoms with Gasteiger partial charge in [-0.1, -0.05) is 0 Å². The third kappa shape index (κ3) is 1.67. The quantitative estimate of drug-likeness (QED) is 0.738. The van der Waals surface area contributed by atoms with E-state index >= 15 is 0 Å². The molecule has 2 N–H and O–H groups in total. The van der Waals surface area contributed by atoms with Crippen molar-refractivity contribution in [3.05, 3.63) is 12.4 Å². The number of rotatable bonds is 2. The normalized spacial score (nSPS) is 27.8. The highest BCUT2D eigenvalue weighted by molar-refractivity contribution is 5.12. The monoisotopic (exact) mass is 181 g/mol. The maximum atomic E-state index is 5.83. The van der Waals surface area contributed by atoms with Gasteiger partial charge in [0, 0.05) is 6.04 Å². The summed E-state index contributed by atoms with van der Waals surface area (Å²) in [4.78, 5) is 0. The minimum absolute atomic E-state index is 0.347. The molecule has 0 saturated heterocycles. The molecule has 0 radical (unpaired) electrons. The van der Waals surface area contributed by atoms with E-state index in [0.29, 0.717) is 12.1 Å². The molecule has 1 fully saturated rings. The topological polar surface area (TPSA) is 53.1 Å². The molecule has 2 rings (SSSR count). The van der Waals surface area contributed by atoms with Crippen molar-refractivity contribution < 1.29 is 4.74 Å². The minimum Gasteiger partial charge on any atom is -0.493 e. The molecule has 4 heteroatoms.